The number of halogens is 2. The number of piperazine rings is 1. The minimum Gasteiger partial charge on any atom is -0.489 e. The molecule has 224 valence electrons. The van der Waals surface area contributed by atoms with Crippen molar-refractivity contribution in [2.24, 2.45) is 0 Å². The Kier molecular flexibility index (Phi) is 10.5. The smallest absolute Gasteiger partial charge is 0.236 e. The summed E-state index contributed by atoms with van der Waals surface area (Å²) >= 11 is 12.3. The summed E-state index contributed by atoms with van der Waals surface area (Å²) in [5, 5.41) is 13.5. The fourth-order valence-electron chi connectivity index (χ4n) is 4.68. The topological polar surface area (TPSA) is 129 Å². The third-order valence-corrected chi connectivity index (χ3v) is 7.95. The standard InChI is InChI=1S/C29H34Cl2N6O4S/c1-29(2,23-14-20(17-32)27(25(31)16-23)40-13-7-30)22-4-5-26(21(15-22)18-37-11-9-33-10-12-37)41-19-24-6-8-34-28(35-24)36-42(3,38)39/h4-6,8,14-16,33H,7,9-13,18-19H2,1-3H3,(H,34,35,36). The van der Waals surface area contributed by atoms with Gasteiger partial charge in [-0.05, 0) is 41.5 Å². The van der Waals surface area contributed by atoms with Crippen LogP contribution in [0.2, 0.25) is 5.02 Å². The van der Waals surface area contributed by atoms with E-state index in [4.69, 9.17) is 32.7 Å². The lowest BCUT2D eigenvalue weighted by Crippen LogP contribution is -2.43. The van der Waals surface area contributed by atoms with Gasteiger partial charge >= 0.3 is 0 Å². The van der Waals surface area contributed by atoms with Gasteiger partial charge in [-0.15, -0.1) is 11.6 Å². The fourth-order valence-corrected chi connectivity index (χ4v) is 5.46. The molecule has 1 aliphatic heterocycles. The van der Waals surface area contributed by atoms with Crippen molar-refractivity contribution in [3.8, 4) is 17.6 Å². The second-order valence-electron chi connectivity index (χ2n) is 10.5. The maximum Gasteiger partial charge on any atom is 0.236 e. The summed E-state index contributed by atoms with van der Waals surface area (Å²) in [5.41, 5.74) is 3.28. The molecule has 4 rings (SSSR count). The number of aromatic nitrogens is 2. The number of benzene rings is 2. The Morgan fingerprint density at radius 1 is 1.14 bits per heavy atom. The number of ether oxygens (including phenoxy) is 2. The Bertz CT molecular complexity index is 1560. The molecule has 0 radical (unpaired) electrons. The summed E-state index contributed by atoms with van der Waals surface area (Å²) in [6.07, 6.45) is 2.53. The molecule has 3 aromatic rings. The lowest BCUT2D eigenvalue weighted by atomic mass is 9.77. The molecule has 2 aromatic carbocycles. The van der Waals surface area contributed by atoms with Gasteiger partial charge in [0, 0.05) is 49.9 Å². The van der Waals surface area contributed by atoms with E-state index in [0.717, 1.165) is 49.1 Å². The predicted octanol–water partition coefficient (Wildman–Crippen LogP) is 4.30. The van der Waals surface area contributed by atoms with Crippen molar-refractivity contribution in [3.05, 3.63) is 75.6 Å². The molecule has 1 saturated heterocycles. The molecule has 0 atom stereocenters. The van der Waals surface area contributed by atoms with Gasteiger partial charge in [-0.3, -0.25) is 9.62 Å². The second-order valence-corrected chi connectivity index (χ2v) is 13.0. The Labute approximate surface area is 257 Å². The normalized spacial score (nSPS) is 14.3. The first-order valence-electron chi connectivity index (χ1n) is 13.4. The van der Waals surface area contributed by atoms with Crippen LogP contribution in [0.3, 0.4) is 0 Å². The highest BCUT2D eigenvalue weighted by Crippen LogP contribution is 2.39. The molecule has 2 N–H and O–H groups in total. The molecule has 13 heteroatoms. The lowest BCUT2D eigenvalue weighted by Gasteiger charge is -2.30. The average Bonchev–Trinajstić information content (AvgIpc) is 2.95. The first-order chi connectivity index (χ1) is 20.0. The molecule has 0 saturated carbocycles. The number of sulfonamides is 1. The van der Waals surface area contributed by atoms with Crippen molar-refractivity contribution in [1.82, 2.24) is 20.2 Å². The highest BCUT2D eigenvalue weighted by atomic mass is 35.5. The second kappa shape index (κ2) is 13.9. The first-order valence-corrected chi connectivity index (χ1v) is 16.2. The number of nitriles is 1. The fraction of sp³-hybridized carbons (Fsp3) is 0.414. The molecule has 1 aliphatic rings. The van der Waals surface area contributed by atoms with E-state index in [1.54, 1.807) is 6.07 Å². The molecule has 0 aliphatic carbocycles. The SMILES string of the molecule is CC(C)(c1cc(Cl)c(OCCCl)c(C#N)c1)c1ccc(OCc2ccnc(NS(C)(=O)=O)n2)c(CN2CCNCC2)c1. The molecule has 1 aromatic heterocycles. The summed E-state index contributed by atoms with van der Waals surface area (Å²) < 4.78 is 37.3. The number of rotatable bonds is 12. The summed E-state index contributed by atoms with van der Waals surface area (Å²) in [5.74, 6) is 1.31. The monoisotopic (exact) mass is 632 g/mol. The van der Waals surface area contributed by atoms with Gasteiger partial charge < -0.3 is 14.8 Å². The molecule has 10 nitrogen and oxygen atoms in total. The van der Waals surface area contributed by atoms with Crippen molar-refractivity contribution < 1.29 is 17.9 Å². The molecule has 42 heavy (non-hydrogen) atoms. The molecular formula is C29H34Cl2N6O4S. The number of hydrogen-bond acceptors (Lipinski definition) is 9. The van der Waals surface area contributed by atoms with Crippen LogP contribution in [-0.2, 0) is 28.6 Å². The van der Waals surface area contributed by atoms with Gasteiger partial charge in [0.15, 0.2) is 5.75 Å². The molecule has 0 spiro atoms. The van der Waals surface area contributed by atoms with E-state index in [2.05, 4.69) is 50.9 Å². The summed E-state index contributed by atoms with van der Waals surface area (Å²) in [6.45, 7) is 8.86. The quantitative estimate of drug-likeness (QED) is 0.281. The molecule has 0 amide bonds. The predicted molar refractivity (Wildman–Crippen MR) is 164 cm³/mol. The summed E-state index contributed by atoms with van der Waals surface area (Å²) in [6, 6.07) is 13.6. The third-order valence-electron chi connectivity index (χ3n) is 6.96. The number of alkyl halides is 1. The zero-order valence-electron chi connectivity index (χ0n) is 23.8. The van der Waals surface area contributed by atoms with Gasteiger partial charge in [0.1, 0.15) is 25.0 Å². The van der Waals surface area contributed by atoms with Crippen LogP contribution in [0.5, 0.6) is 11.5 Å². The van der Waals surface area contributed by atoms with E-state index in [0.29, 0.717) is 34.3 Å². The van der Waals surface area contributed by atoms with Crippen LogP contribution < -0.4 is 19.5 Å². The first kappa shape index (κ1) is 31.8. The van der Waals surface area contributed by atoms with E-state index < -0.39 is 15.4 Å². The van der Waals surface area contributed by atoms with Crippen molar-refractivity contribution in [2.45, 2.75) is 32.4 Å². The van der Waals surface area contributed by atoms with Crippen LogP contribution in [0.25, 0.3) is 0 Å². The molecule has 0 bridgehead atoms. The van der Waals surface area contributed by atoms with Crippen molar-refractivity contribution in [3.63, 3.8) is 0 Å². The van der Waals surface area contributed by atoms with Crippen LogP contribution in [0.15, 0.2) is 42.6 Å². The zero-order valence-corrected chi connectivity index (χ0v) is 26.1. The van der Waals surface area contributed by atoms with Crippen molar-refractivity contribution in [2.75, 3.05) is 49.6 Å². The van der Waals surface area contributed by atoms with E-state index >= 15 is 0 Å². The molecule has 1 fully saturated rings. The molecule has 0 unspecified atom stereocenters. The van der Waals surface area contributed by atoms with Crippen LogP contribution in [0.1, 0.15) is 41.8 Å². The number of nitrogens with zero attached hydrogens (tertiary/aromatic N) is 4. The highest BCUT2D eigenvalue weighted by molar-refractivity contribution is 7.91. The molecular weight excluding hydrogens is 599 g/mol. The lowest BCUT2D eigenvalue weighted by molar-refractivity contribution is 0.225. The van der Waals surface area contributed by atoms with Crippen LogP contribution in [-0.4, -0.2) is 68.2 Å². The van der Waals surface area contributed by atoms with Gasteiger partial charge in [0.25, 0.3) is 0 Å². The maximum atomic E-state index is 11.6. The van der Waals surface area contributed by atoms with Crippen molar-refractivity contribution >= 4 is 39.2 Å². The Balaban J connectivity index is 1.65. The van der Waals surface area contributed by atoms with Gasteiger partial charge in [0.2, 0.25) is 16.0 Å². The van der Waals surface area contributed by atoms with Crippen LogP contribution in [0.4, 0.5) is 5.95 Å². The minimum atomic E-state index is -3.50. The third kappa shape index (κ3) is 8.24. The zero-order chi connectivity index (χ0) is 30.3. The summed E-state index contributed by atoms with van der Waals surface area (Å²) in [4.78, 5) is 10.6. The minimum absolute atomic E-state index is 0.00814. The number of nitrogens with one attached hydrogen (secondary N) is 2. The maximum absolute atomic E-state index is 11.6. The van der Waals surface area contributed by atoms with Gasteiger partial charge in [-0.2, -0.15) is 5.26 Å². The van der Waals surface area contributed by atoms with E-state index in [9.17, 15) is 13.7 Å². The Morgan fingerprint density at radius 3 is 2.60 bits per heavy atom. The highest BCUT2D eigenvalue weighted by Gasteiger charge is 2.27. The van der Waals surface area contributed by atoms with Gasteiger partial charge in [-0.1, -0.05) is 31.5 Å². The average molecular weight is 634 g/mol. The Morgan fingerprint density at radius 2 is 1.90 bits per heavy atom. The van der Waals surface area contributed by atoms with Crippen LogP contribution >= 0.6 is 23.2 Å². The summed E-state index contributed by atoms with van der Waals surface area (Å²) in [7, 11) is -3.50. The van der Waals surface area contributed by atoms with Crippen molar-refractivity contribution in [1.29, 1.82) is 5.26 Å². The number of anilines is 1. The van der Waals surface area contributed by atoms with Gasteiger partial charge in [0.05, 0.1) is 28.4 Å². The van der Waals surface area contributed by atoms with E-state index in [-0.39, 0.29) is 25.0 Å². The Hall–Kier alpha value is -3.14. The van der Waals surface area contributed by atoms with E-state index in [1.807, 2.05) is 24.3 Å². The van der Waals surface area contributed by atoms with E-state index in [1.165, 1.54) is 6.20 Å². The molecule has 2 heterocycles. The largest absolute Gasteiger partial charge is 0.489 e. The van der Waals surface area contributed by atoms with Crippen LogP contribution in [0, 0.1) is 11.3 Å². The number of hydrogen-bond donors (Lipinski definition) is 2. The van der Waals surface area contributed by atoms with Gasteiger partial charge in [-0.25, -0.2) is 18.4 Å².